The van der Waals surface area contributed by atoms with Crippen molar-refractivity contribution in [3.63, 3.8) is 0 Å². The summed E-state index contributed by atoms with van der Waals surface area (Å²) in [6.45, 7) is 0. The second kappa shape index (κ2) is 35.8. The third-order valence-electron chi connectivity index (χ3n) is 27.4. The number of hydrogen-bond acceptors (Lipinski definition) is 15. The molecule has 0 amide bonds. The van der Waals surface area contributed by atoms with Gasteiger partial charge in [-0.3, -0.25) is 0 Å². The van der Waals surface area contributed by atoms with Crippen molar-refractivity contribution in [1.82, 2.24) is 44.9 Å². The van der Waals surface area contributed by atoms with Gasteiger partial charge in [0, 0.05) is 148 Å². The van der Waals surface area contributed by atoms with Gasteiger partial charge in [0.2, 0.25) is 0 Å². The van der Waals surface area contributed by atoms with Crippen molar-refractivity contribution in [2.45, 2.75) is 0 Å². The zero-order chi connectivity index (χ0) is 101. The van der Waals surface area contributed by atoms with E-state index in [9.17, 15) is 0 Å². The summed E-state index contributed by atoms with van der Waals surface area (Å²) in [5, 5.41) is 18.4. The number of fused-ring (bicyclic) bond motifs is 20. The molecule has 0 aliphatic carbocycles. The van der Waals surface area contributed by atoms with Gasteiger partial charge in [-0.1, -0.05) is 388 Å². The second-order valence-electron chi connectivity index (χ2n) is 36.0. The summed E-state index contributed by atoms with van der Waals surface area (Å²) in [6, 6.07) is 148. The van der Waals surface area contributed by atoms with E-state index in [1.54, 1.807) is 11.3 Å². The first kappa shape index (κ1) is 80.0. The van der Waals surface area contributed by atoms with E-state index >= 15 is 0 Å². The summed E-state index contributed by atoms with van der Waals surface area (Å²) in [6.07, 6.45) is 0. The molecule has 0 unspecified atom stereocenters. The van der Waals surface area contributed by atoms with Crippen molar-refractivity contribution in [1.29, 1.82) is 0 Å². The molecule has 21 aromatic carbocycles. The minimum atomic E-state index is -0.479. The summed E-state index contributed by atoms with van der Waals surface area (Å²) < 4.78 is 68.2. The molecule has 15 heteroatoms. The highest BCUT2D eigenvalue weighted by molar-refractivity contribution is 7.27. The zero-order valence-corrected chi connectivity index (χ0v) is 80.0. The largest absolute Gasteiger partial charge is 0.456 e. The van der Waals surface area contributed by atoms with Crippen LogP contribution in [0.3, 0.4) is 0 Å². The number of para-hydroxylation sites is 3. The van der Waals surface area contributed by atoms with E-state index < -0.39 is 18.1 Å². The van der Waals surface area contributed by atoms with Crippen LogP contribution in [-0.2, 0) is 0 Å². The van der Waals surface area contributed by atoms with Crippen LogP contribution in [0.25, 0.3) is 295 Å². The van der Waals surface area contributed by atoms with Crippen LogP contribution in [0.15, 0.2) is 480 Å². The molecule has 682 valence electrons. The van der Waals surface area contributed by atoms with Crippen LogP contribution in [0.4, 0.5) is 0 Å². The number of hydrogen-bond donors (Lipinski definition) is 0. The van der Waals surface area contributed by atoms with Crippen LogP contribution in [0.1, 0.15) is 6.85 Å². The molecular formula is C131H77N9O3S3. The molecule has 0 aliphatic rings. The van der Waals surface area contributed by atoms with Crippen LogP contribution in [-0.4, -0.2) is 44.9 Å². The summed E-state index contributed by atoms with van der Waals surface area (Å²) in [4.78, 5) is 45.1. The van der Waals surface area contributed by atoms with E-state index in [0.29, 0.717) is 57.5 Å². The molecule has 0 radical (unpaired) electrons. The normalized spacial score (nSPS) is 12.2. The molecule has 146 heavy (non-hydrogen) atoms. The zero-order valence-electron chi connectivity index (χ0n) is 82.5. The van der Waals surface area contributed by atoms with Gasteiger partial charge in [-0.05, 0) is 139 Å². The van der Waals surface area contributed by atoms with Gasteiger partial charge in [0.25, 0.3) is 0 Å². The summed E-state index contributed by atoms with van der Waals surface area (Å²) in [5.74, 6) is 4.26. The number of aromatic nitrogens is 9. The van der Waals surface area contributed by atoms with E-state index in [4.69, 9.17) is 60.0 Å². The molecular weight excluding hydrogens is 1840 g/mol. The van der Waals surface area contributed by atoms with E-state index in [-0.39, 0.29) is 29.3 Å². The Bertz CT molecular complexity index is 10800. The minimum Gasteiger partial charge on any atom is -0.456 e. The minimum absolute atomic E-state index is 0.0131. The van der Waals surface area contributed by atoms with Crippen molar-refractivity contribution in [3.05, 3.63) is 467 Å². The van der Waals surface area contributed by atoms with Crippen LogP contribution in [0.5, 0.6) is 0 Å². The molecule has 0 spiro atoms. The average Bonchev–Trinajstić information content (AvgIpc) is 1.11. The molecule has 0 bridgehead atoms. The average molecular weight is 1930 g/mol. The van der Waals surface area contributed by atoms with Crippen LogP contribution in [0.2, 0.25) is 0 Å². The van der Waals surface area contributed by atoms with Crippen molar-refractivity contribution >= 4 is 182 Å². The summed E-state index contributed by atoms with van der Waals surface area (Å²) in [7, 11) is 0. The lowest BCUT2D eigenvalue weighted by atomic mass is 9.94. The lowest BCUT2D eigenvalue weighted by molar-refractivity contribution is 0.668. The topological polar surface area (TPSA) is 155 Å². The molecule has 30 aromatic rings. The maximum absolute atomic E-state index is 8.64. The maximum Gasteiger partial charge on any atom is 0.164 e. The van der Waals surface area contributed by atoms with Crippen molar-refractivity contribution in [2.75, 3.05) is 0 Å². The SMILES string of the molecule is [2H]c1c([2H])c([2H])c(-c2nc(-c3ccc(-c4cccc5c4sc4ccccc45)cc3)nc(-c3ccc4c(c3)oc3ccccc34)n2)c([2H])c1[2H].c1ccc(-c2ccccc2-c2nc(-c3ccc(-c4cccc5c4sc4ccccc45)cc3)nc(-c3ccc4c(c3)oc3ccccc34)n2)cc1.c1ccc2c(-c3nc(-c4ccc5c(c4)oc4ccccc45)nc(-c4ccc(-c5cccc6c5sc5ccccc56)c5ccccc45)n3)cccc2c1. The van der Waals surface area contributed by atoms with Crippen molar-refractivity contribution in [3.8, 4) is 147 Å². The van der Waals surface area contributed by atoms with E-state index in [1.165, 1.54) is 77.2 Å². The van der Waals surface area contributed by atoms with Crippen molar-refractivity contribution < 1.29 is 20.1 Å². The highest BCUT2D eigenvalue weighted by atomic mass is 32.1. The fourth-order valence-corrected chi connectivity index (χ4v) is 24.1. The first-order valence-electron chi connectivity index (χ1n) is 50.6. The first-order valence-corrected chi connectivity index (χ1v) is 50.5. The van der Waals surface area contributed by atoms with Gasteiger partial charge < -0.3 is 13.3 Å². The van der Waals surface area contributed by atoms with Crippen LogP contribution < -0.4 is 0 Å². The number of thiophene rings is 3. The number of benzene rings is 21. The smallest absolute Gasteiger partial charge is 0.164 e. The molecule has 0 saturated carbocycles. The molecule has 0 fully saturated rings. The molecule has 0 aliphatic heterocycles. The first-order chi connectivity index (χ1) is 74.4. The van der Waals surface area contributed by atoms with Crippen LogP contribution in [0, 0.1) is 0 Å². The lowest BCUT2D eigenvalue weighted by Crippen LogP contribution is -2.01. The number of furan rings is 3. The van der Waals surface area contributed by atoms with Gasteiger partial charge >= 0.3 is 0 Å². The Morgan fingerprint density at radius 1 is 0.158 bits per heavy atom. The summed E-state index contributed by atoms with van der Waals surface area (Å²) >= 11 is 5.47. The van der Waals surface area contributed by atoms with Gasteiger partial charge in [0.15, 0.2) is 52.4 Å². The number of rotatable bonds is 13. The Morgan fingerprint density at radius 3 is 0.911 bits per heavy atom. The third-order valence-corrected chi connectivity index (χ3v) is 31.1. The molecule has 9 aromatic heterocycles. The quantitative estimate of drug-likeness (QED) is 0.108. The Hall–Kier alpha value is -18.8. The fraction of sp³-hybridized carbons (Fsp3) is 0. The second-order valence-corrected chi connectivity index (χ2v) is 39.1. The van der Waals surface area contributed by atoms with Crippen LogP contribution >= 0.6 is 34.0 Å². The highest BCUT2D eigenvalue weighted by Crippen LogP contribution is 2.48. The standard InChI is InChI=1S/C47H27N3OS.C45H27N3OS.C39H23N3OS/c1-2-13-30-28(11-1)12-9-20-39(30)46-48-45(29-23-24-35-34-16-5-7-21-41(34)51-42(35)27-29)49-47(50-46)40-26-25-33(31-14-3-4-15-32(31)40)37-18-10-19-38-36-17-6-8-22-43(36)52-44(37)38;1-2-11-28(12-3-1)32-13-4-5-16-38(32)45-47-43(46-44(48-45)31-25-26-35-34-14-6-8-19-39(34)49-40(35)27-31)30-23-21-29(22-24-30)33-17-10-18-37-36-15-7-9-20-41(36)50-42(33)37;1-2-9-25(10-3-1)37-40-38(42-39(41-37)27-21-22-30-29-11-4-6-15-33(29)43-34(30)23-27)26-19-17-24(18-20-26)28-13-8-14-32-31-12-5-7-16-35(31)44-36(28)32/h1-27H;1-27H;1-23H/i;;1D,2D,3D,9D,10D. The Kier molecular flexibility index (Phi) is 19.6. The Labute approximate surface area is 854 Å². The Balaban J connectivity index is 0.000000109. The predicted molar refractivity (Wildman–Crippen MR) is 606 cm³/mol. The lowest BCUT2D eigenvalue weighted by Gasteiger charge is -2.14. The van der Waals surface area contributed by atoms with Gasteiger partial charge in [-0.2, -0.15) is 0 Å². The molecule has 30 rings (SSSR count). The van der Waals surface area contributed by atoms with Gasteiger partial charge in [-0.15, -0.1) is 34.0 Å². The Morgan fingerprint density at radius 2 is 0.438 bits per heavy atom. The molecule has 12 nitrogen and oxygen atoms in total. The highest BCUT2D eigenvalue weighted by Gasteiger charge is 2.25. The molecule has 0 N–H and O–H groups in total. The monoisotopic (exact) mass is 1920 g/mol. The van der Waals surface area contributed by atoms with E-state index in [0.717, 1.165) is 143 Å². The van der Waals surface area contributed by atoms with Gasteiger partial charge in [-0.25, -0.2) is 44.9 Å². The third kappa shape index (κ3) is 15.2. The van der Waals surface area contributed by atoms with E-state index in [2.05, 4.69) is 314 Å². The molecule has 9 heterocycles. The fourth-order valence-electron chi connectivity index (χ4n) is 20.4. The van der Waals surface area contributed by atoms with Crippen molar-refractivity contribution in [2.24, 2.45) is 0 Å². The predicted octanol–water partition coefficient (Wildman–Crippen LogP) is 36.4. The van der Waals surface area contributed by atoms with E-state index in [1.807, 2.05) is 150 Å². The van der Waals surface area contributed by atoms with Gasteiger partial charge in [0.1, 0.15) is 33.5 Å². The summed E-state index contributed by atoms with van der Waals surface area (Å²) in [5.41, 5.74) is 20.6. The molecule has 0 atom stereocenters. The number of nitrogens with zero attached hydrogens (tertiary/aromatic N) is 9. The van der Waals surface area contributed by atoms with Gasteiger partial charge in [0.05, 0.1) is 6.85 Å². The maximum atomic E-state index is 8.64. The molecule has 0 saturated heterocycles.